The second-order valence-electron chi connectivity index (χ2n) is 4.56. The van der Waals surface area contributed by atoms with E-state index in [1.165, 1.54) is 9.75 Å². The highest BCUT2D eigenvalue weighted by Gasteiger charge is 2.13. The summed E-state index contributed by atoms with van der Waals surface area (Å²) in [6.07, 6.45) is 1.83. The molecule has 0 spiro atoms. The van der Waals surface area contributed by atoms with E-state index in [9.17, 15) is 0 Å². The van der Waals surface area contributed by atoms with E-state index in [0.717, 1.165) is 29.1 Å². The lowest BCUT2D eigenvalue weighted by molar-refractivity contribution is 0.780. The third kappa shape index (κ3) is 2.26. The van der Waals surface area contributed by atoms with Gasteiger partial charge in [0.05, 0.1) is 12.4 Å². The fraction of sp³-hybridized carbons (Fsp3) is 0.286. The fourth-order valence-corrected chi connectivity index (χ4v) is 3.26. The molecule has 0 aliphatic heterocycles. The standard InChI is InChI=1S/C14H14ClN3S/c1-9-5-6-16-14-13(9)17-12(7-15)18(14)8-11-4-3-10(2)19-11/h3-6H,7-8H2,1-2H3. The number of aryl methyl sites for hydroxylation is 2. The third-order valence-corrected chi connectivity index (χ3v) is 4.37. The van der Waals surface area contributed by atoms with Gasteiger partial charge in [-0.2, -0.15) is 0 Å². The van der Waals surface area contributed by atoms with Crippen molar-refractivity contribution >= 4 is 34.1 Å². The van der Waals surface area contributed by atoms with Crippen molar-refractivity contribution in [3.8, 4) is 0 Å². The second-order valence-corrected chi connectivity index (χ2v) is 6.20. The number of imidazole rings is 1. The lowest BCUT2D eigenvalue weighted by atomic mass is 10.3. The van der Waals surface area contributed by atoms with Crippen LogP contribution in [-0.2, 0) is 12.4 Å². The van der Waals surface area contributed by atoms with Crippen LogP contribution in [0.4, 0.5) is 0 Å². The summed E-state index contributed by atoms with van der Waals surface area (Å²) in [5.74, 6) is 1.28. The predicted octanol–water partition coefficient (Wildman–Crippen LogP) is 3.90. The molecule has 0 radical (unpaired) electrons. The van der Waals surface area contributed by atoms with E-state index in [1.54, 1.807) is 11.3 Å². The first-order chi connectivity index (χ1) is 9.19. The molecule has 3 rings (SSSR count). The summed E-state index contributed by atoms with van der Waals surface area (Å²) in [5.41, 5.74) is 3.01. The number of aromatic nitrogens is 3. The number of nitrogens with zero attached hydrogens (tertiary/aromatic N) is 3. The first kappa shape index (κ1) is 12.6. The molecule has 0 aliphatic carbocycles. The molecule has 3 aromatic heterocycles. The Bertz CT molecular complexity index is 729. The van der Waals surface area contributed by atoms with E-state index in [2.05, 4.69) is 40.5 Å². The Morgan fingerprint density at radius 3 is 2.79 bits per heavy atom. The summed E-state index contributed by atoms with van der Waals surface area (Å²) in [6.45, 7) is 4.95. The van der Waals surface area contributed by atoms with Crippen molar-refractivity contribution in [2.75, 3.05) is 0 Å². The maximum Gasteiger partial charge on any atom is 0.160 e. The zero-order chi connectivity index (χ0) is 13.4. The van der Waals surface area contributed by atoms with Gasteiger partial charge in [-0.05, 0) is 37.6 Å². The van der Waals surface area contributed by atoms with Gasteiger partial charge in [-0.1, -0.05) is 0 Å². The molecule has 0 bridgehead atoms. The average molecular weight is 292 g/mol. The van der Waals surface area contributed by atoms with Crippen LogP contribution in [0.25, 0.3) is 11.2 Å². The molecule has 5 heteroatoms. The second kappa shape index (κ2) is 4.94. The number of hydrogen-bond donors (Lipinski definition) is 0. The summed E-state index contributed by atoms with van der Waals surface area (Å²) in [4.78, 5) is 11.7. The van der Waals surface area contributed by atoms with Crippen molar-refractivity contribution < 1.29 is 0 Å². The normalized spacial score (nSPS) is 11.3. The molecular formula is C14H14ClN3S. The molecule has 0 fully saturated rings. The Labute approximate surface area is 120 Å². The SMILES string of the molecule is Cc1ccc(Cn2c(CCl)nc3c(C)ccnc32)s1. The van der Waals surface area contributed by atoms with Crippen LogP contribution in [0, 0.1) is 13.8 Å². The quantitative estimate of drug-likeness (QED) is 0.685. The topological polar surface area (TPSA) is 30.7 Å². The van der Waals surface area contributed by atoms with Crippen molar-refractivity contribution in [1.82, 2.24) is 14.5 Å². The molecule has 3 heterocycles. The minimum absolute atomic E-state index is 0.403. The average Bonchev–Trinajstić information content (AvgIpc) is 2.96. The van der Waals surface area contributed by atoms with Crippen LogP contribution >= 0.6 is 22.9 Å². The van der Waals surface area contributed by atoms with Crippen molar-refractivity contribution in [3.05, 3.63) is 45.5 Å². The Balaban J connectivity index is 2.13. The molecule has 0 aromatic carbocycles. The van der Waals surface area contributed by atoms with Gasteiger partial charge in [-0.3, -0.25) is 0 Å². The van der Waals surface area contributed by atoms with E-state index in [0.29, 0.717) is 5.88 Å². The van der Waals surface area contributed by atoms with Crippen LogP contribution in [0.3, 0.4) is 0 Å². The van der Waals surface area contributed by atoms with Crippen LogP contribution in [0.1, 0.15) is 21.1 Å². The maximum absolute atomic E-state index is 6.02. The molecule has 0 unspecified atom stereocenters. The summed E-state index contributed by atoms with van der Waals surface area (Å²) < 4.78 is 2.11. The van der Waals surface area contributed by atoms with Crippen molar-refractivity contribution in [2.24, 2.45) is 0 Å². The molecule has 0 N–H and O–H groups in total. The highest BCUT2D eigenvalue weighted by Crippen LogP contribution is 2.22. The smallest absolute Gasteiger partial charge is 0.160 e. The van der Waals surface area contributed by atoms with Crippen LogP contribution in [0.5, 0.6) is 0 Å². The summed E-state index contributed by atoms with van der Waals surface area (Å²) in [7, 11) is 0. The van der Waals surface area contributed by atoms with E-state index < -0.39 is 0 Å². The van der Waals surface area contributed by atoms with Crippen molar-refractivity contribution in [2.45, 2.75) is 26.3 Å². The van der Waals surface area contributed by atoms with E-state index in [-0.39, 0.29) is 0 Å². The molecule has 0 amide bonds. The minimum Gasteiger partial charge on any atom is -0.306 e. The van der Waals surface area contributed by atoms with Gasteiger partial charge in [0.15, 0.2) is 5.65 Å². The van der Waals surface area contributed by atoms with E-state index in [4.69, 9.17) is 11.6 Å². The van der Waals surface area contributed by atoms with Crippen LogP contribution in [0.15, 0.2) is 24.4 Å². The Kier molecular flexibility index (Phi) is 3.29. The molecule has 3 nitrogen and oxygen atoms in total. The number of alkyl halides is 1. The van der Waals surface area contributed by atoms with Gasteiger partial charge in [-0.15, -0.1) is 22.9 Å². The van der Waals surface area contributed by atoms with Crippen molar-refractivity contribution in [1.29, 1.82) is 0 Å². The van der Waals surface area contributed by atoms with Crippen LogP contribution in [-0.4, -0.2) is 14.5 Å². The number of rotatable bonds is 3. The fourth-order valence-electron chi connectivity index (χ4n) is 2.18. The first-order valence-electron chi connectivity index (χ1n) is 6.11. The number of thiophene rings is 1. The van der Waals surface area contributed by atoms with Gasteiger partial charge >= 0.3 is 0 Å². The molecule has 0 saturated carbocycles. The molecule has 0 saturated heterocycles. The van der Waals surface area contributed by atoms with E-state index in [1.807, 2.05) is 12.3 Å². The minimum atomic E-state index is 0.403. The highest BCUT2D eigenvalue weighted by molar-refractivity contribution is 7.11. The number of pyridine rings is 1. The lowest BCUT2D eigenvalue weighted by Crippen LogP contribution is -2.03. The molecule has 19 heavy (non-hydrogen) atoms. The lowest BCUT2D eigenvalue weighted by Gasteiger charge is -2.05. The highest BCUT2D eigenvalue weighted by atomic mass is 35.5. The van der Waals surface area contributed by atoms with Crippen LogP contribution in [0.2, 0.25) is 0 Å². The first-order valence-corrected chi connectivity index (χ1v) is 7.46. The summed E-state index contributed by atoms with van der Waals surface area (Å²) >= 11 is 7.82. The Hall–Kier alpha value is -1.39. The Morgan fingerprint density at radius 2 is 2.11 bits per heavy atom. The molecular weight excluding hydrogens is 278 g/mol. The largest absolute Gasteiger partial charge is 0.306 e. The third-order valence-electron chi connectivity index (χ3n) is 3.14. The molecule has 3 aromatic rings. The monoisotopic (exact) mass is 291 g/mol. The van der Waals surface area contributed by atoms with E-state index >= 15 is 0 Å². The van der Waals surface area contributed by atoms with Crippen molar-refractivity contribution in [3.63, 3.8) is 0 Å². The summed E-state index contributed by atoms with van der Waals surface area (Å²) in [5, 5.41) is 0. The van der Waals surface area contributed by atoms with Gasteiger partial charge in [0, 0.05) is 16.0 Å². The van der Waals surface area contributed by atoms with Gasteiger partial charge in [-0.25, -0.2) is 9.97 Å². The molecule has 0 aliphatic rings. The van der Waals surface area contributed by atoms with Gasteiger partial charge in [0.2, 0.25) is 0 Å². The van der Waals surface area contributed by atoms with Gasteiger partial charge in [0.25, 0.3) is 0 Å². The number of fused-ring (bicyclic) bond motifs is 1. The predicted molar refractivity (Wildman–Crippen MR) is 80.0 cm³/mol. The Morgan fingerprint density at radius 1 is 1.26 bits per heavy atom. The number of halogens is 1. The van der Waals surface area contributed by atoms with Crippen LogP contribution < -0.4 is 0 Å². The number of hydrogen-bond acceptors (Lipinski definition) is 3. The maximum atomic E-state index is 6.02. The van der Waals surface area contributed by atoms with Gasteiger partial charge < -0.3 is 4.57 Å². The zero-order valence-corrected chi connectivity index (χ0v) is 12.4. The summed E-state index contributed by atoms with van der Waals surface area (Å²) in [6, 6.07) is 6.27. The van der Waals surface area contributed by atoms with Gasteiger partial charge in [0.1, 0.15) is 11.3 Å². The molecule has 98 valence electrons. The molecule has 0 atom stereocenters. The zero-order valence-electron chi connectivity index (χ0n) is 10.9.